The molecule has 0 radical (unpaired) electrons. The number of hydrogen-bond acceptors (Lipinski definition) is 5. The molecule has 0 fully saturated rings. The summed E-state index contributed by atoms with van der Waals surface area (Å²) in [5.74, 6) is -0.0829. The van der Waals surface area contributed by atoms with E-state index in [9.17, 15) is 4.79 Å². The van der Waals surface area contributed by atoms with Crippen molar-refractivity contribution >= 4 is 11.7 Å². The third-order valence-electron chi connectivity index (χ3n) is 2.52. The lowest BCUT2D eigenvalue weighted by Gasteiger charge is -2.14. The molecule has 4 N–H and O–H groups in total. The van der Waals surface area contributed by atoms with E-state index >= 15 is 0 Å². The molecule has 0 bridgehead atoms. The third-order valence-corrected chi connectivity index (χ3v) is 2.52. The first-order chi connectivity index (χ1) is 8.06. The first-order valence-electron chi connectivity index (χ1n) is 5.37. The van der Waals surface area contributed by atoms with Crippen molar-refractivity contribution in [1.29, 1.82) is 0 Å². The van der Waals surface area contributed by atoms with E-state index in [0.29, 0.717) is 12.5 Å². The summed E-state index contributed by atoms with van der Waals surface area (Å²) >= 11 is 0. The van der Waals surface area contributed by atoms with Crippen LogP contribution in [-0.4, -0.2) is 34.1 Å². The van der Waals surface area contributed by atoms with Crippen LogP contribution in [0.15, 0.2) is 16.6 Å². The van der Waals surface area contributed by atoms with Gasteiger partial charge in [0.05, 0.1) is 12.9 Å². The Bertz CT molecular complexity index is 399. The normalized spacial score (nSPS) is 13.4. The van der Waals surface area contributed by atoms with Gasteiger partial charge in [0, 0.05) is 12.5 Å². The van der Waals surface area contributed by atoms with E-state index in [1.54, 1.807) is 0 Å². The van der Waals surface area contributed by atoms with Crippen molar-refractivity contribution in [3.05, 3.63) is 12.0 Å². The van der Waals surface area contributed by atoms with Crippen molar-refractivity contribution in [3.8, 4) is 0 Å². The van der Waals surface area contributed by atoms with E-state index in [2.05, 4.69) is 20.2 Å². The molecule has 0 saturated heterocycles. The topological polar surface area (TPSA) is 117 Å². The lowest BCUT2D eigenvalue weighted by Crippen LogP contribution is -2.16. The molecule has 1 rings (SSSR count). The zero-order valence-corrected chi connectivity index (χ0v) is 9.92. The molecule has 1 unspecified atom stereocenters. The number of aromatic nitrogens is 2. The molecule has 0 aliphatic carbocycles. The molecule has 1 heterocycles. The van der Waals surface area contributed by atoms with Gasteiger partial charge in [-0.3, -0.25) is 4.79 Å². The molecule has 17 heavy (non-hydrogen) atoms. The summed E-state index contributed by atoms with van der Waals surface area (Å²) in [5, 5.41) is 16.9. The summed E-state index contributed by atoms with van der Waals surface area (Å²) in [6, 6.07) is 0. The summed E-state index contributed by atoms with van der Waals surface area (Å²) in [4.78, 5) is 17.4. The molecule has 7 heteroatoms. The van der Waals surface area contributed by atoms with Crippen LogP contribution in [0, 0.1) is 11.8 Å². The van der Waals surface area contributed by atoms with Gasteiger partial charge in [-0.15, -0.1) is 5.11 Å². The zero-order chi connectivity index (χ0) is 12.8. The Morgan fingerprint density at radius 3 is 2.88 bits per heavy atom. The second kappa shape index (κ2) is 6.09. The molecule has 0 spiro atoms. The first-order valence-corrected chi connectivity index (χ1v) is 5.37. The summed E-state index contributed by atoms with van der Waals surface area (Å²) < 4.78 is 0. The molecule has 94 valence electrons. The lowest BCUT2D eigenvalue weighted by molar-refractivity contribution is 0.0996. The van der Waals surface area contributed by atoms with Crippen LogP contribution >= 0.6 is 0 Å². The van der Waals surface area contributed by atoms with Crippen molar-refractivity contribution < 1.29 is 9.90 Å². The first kappa shape index (κ1) is 13.3. The largest absolute Gasteiger partial charge is 0.396 e. The number of imidazole rings is 1. The van der Waals surface area contributed by atoms with Crippen LogP contribution in [0.3, 0.4) is 0 Å². The highest BCUT2D eigenvalue weighted by Crippen LogP contribution is 2.15. The van der Waals surface area contributed by atoms with Gasteiger partial charge in [0.25, 0.3) is 5.91 Å². The molecule has 7 nitrogen and oxygen atoms in total. The summed E-state index contributed by atoms with van der Waals surface area (Å²) in [6.45, 7) is 4.44. The third kappa shape index (κ3) is 3.63. The fourth-order valence-electron chi connectivity index (χ4n) is 1.24. The van der Waals surface area contributed by atoms with E-state index in [-0.39, 0.29) is 24.0 Å². The van der Waals surface area contributed by atoms with Gasteiger partial charge >= 0.3 is 0 Å². The summed E-state index contributed by atoms with van der Waals surface area (Å²) in [7, 11) is 0. The standard InChI is InChI=1S/C10H17N5O2/c1-6(2)7(4-16)3-14-15-10-8(9(11)17)12-5-13-10/h5-7,16H,3-4H2,1-2H3,(H2,11,17)(H,12,13). The number of carbonyl (C=O) groups is 1. The highest BCUT2D eigenvalue weighted by atomic mass is 16.3. The van der Waals surface area contributed by atoms with Crippen LogP contribution < -0.4 is 5.73 Å². The number of aliphatic hydroxyl groups excluding tert-OH is 1. The van der Waals surface area contributed by atoms with Gasteiger partial charge in [0.2, 0.25) is 5.82 Å². The number of aromatic amines is 1. The Hall–Kier alpha value is -1.76. The van der Waals surface area contributed by atoms with E-state index in [1.807, 2.05) is 13.8 Å². The molecule has 1 atom stereocenters. The fraction of sp³-hybridized carbons (Fsp3) is 0.600. The predicted octanol–water partition coefficient (Wildman–Crippen LogP) is 0.857. The molecule has 1 aromatic heterocycles. The average Bonchev–Trinajstić information content (AvgIpc) is 2.72. The van der Waals surface area contributed by atoms with E-state index in [0.717, 1.165) is 0 Å². The number of hydrogen-bond donors (Lipinski definition) is 3. The number of carbonyl (C=O) groups excluding carboxylic acids is 1. The molecule has 1 amide bonds. The van der Waals surface area contributed by atoms with Crippen molar-refractivity contribution in [2.45, 2.75) is 13.8 Å². The summed E-state index contributed by atoms with van der Waals surface area (Å²) in [5.41, 5.74) is 5.25. The molecular formula is C10H17N5O2. The van der Waals surface area contributed by atoms with Gasteiger partial charge in [-0.1, -0.05) is 13.8 Å². The van der Waals surface area contributed by atoms with Gasteiger partial charge in [0.15, 0.2) is 5.69 Å². The number of amides is 1. The lowest BCUT2D eigenvalue weighted by atomic mass is 9.97. The van der Waals surface area contributed by atoms with Crippen LogP contribution in [-0.2, 0) is 0 Å². The quantitative estimate of drug-likeness (QED) is 0.639. The van der Waals surface area contributed by atoms with Gasteiger partial charge in [0.1, 0.15) is 0 Å². The SMILES string of the molecule is CC(C)C(CO)CN=Nc1nc[nH]c1C(N)=O. The maximum atomic E-state index is 11.0. The van der Waals surface area contributed by atoms with E-state index in [4.69, 9.17) is 10.8 Å². The van der Waals surface area contributed by atoms with E-state index in [1.165, 1.54) is 6.33 Å². The predicted molar refractivity (Wildman–Crippen MR) is 61.9 cm³/mol. The van der Waals surface area contributed by atoms with Crippen molar-refractivity contribution in [1.82, 2.24) is 9.97 Å². The number of azo groups is 1. The second-order valence-corrected chi connectivity index (χ2v) is 4.08. The molecular weight excluding hydrogens is 222 g/mol. The van der Waals surface area contributed by atoms with Gasteiger partial charge in [-0.05, 0) is 5.92 Å². The summed E-state index contributed by atoms with van der Waals surface area (Å²) in [6.07, 6.45) is 1.33. The number of nitrogens with two attached hydrogens (primary N) is 1. The number of nitrogens with zero attached hydrogens (tertiary/aromatic N) is 3. The number of aliphatic hydroxyl groups is 1. The van der Waals surface area contributed by atoms with Crippen molar-refractivity contribution in [2.24, 2.45) is 27.8 Å². The van der Waals surface area contributed by atoms with Crippen LogP contribution in [0.2, 0.25) is 0 Å². The minimum atomic E-state index is -0.626. The highest BCUT2D eigenvalue weighted by molar-refractivity contribution is 5.94. The Kier molecular flexibility index (Phi) is 4.77. The smallest absolute Gasteiger partial charge is 0.269 e. The maximum absolute atomic E-state index is 11.0. The minimum Gasteiger partial charge on any atom is -0.396 e. The molecule has 0 aromatic carbocycles. The number of nitrogens with one attached hydrogen (secondary N) is 1. The Morgan fingerprint density at radius 2 is 2.35 bits per heavy atom. The van der Waals surface area contributed by atoms with Gasteiger partial charge in [-0.25, -0.2) is 4.98 Å². The molecule has 0 saturated carbocycles. The molecule has 0 aliphatic rings. The van der Waals surface area contributed by atoms with Crippen LogP contribution in [0.5, 0.6) is 0 Å². The van der Waals surface area contributed by atoms with Crippen LogP contribution in [0.1, 0.15) is 24.3 Å². The number of H-pyrrole nitrogens is 1. The Morgan fingerprint density at radius 1 is 1.65 bits per heavy atom. The average molecular weight is 239 g/mol. The highest BCUT2D eigenvalue weighted by Gasteiger charge is 2.13. The van der Waals surface area contributed by atoms with Crippen molar-refractivity contribution in [2.75, 3.05) is 13.2 Å². The van der Waals surface area contributed by atoms with Gasteiger partial charge in [-0.2, -0.15) is 5.11 Å². The second-order valence-electron chi connectivity index (χ2n) is 4.08. The number of rotatable bonds is 6. The fourth-order valence-corrected chi connectivity index (χ4v) is 1.24. The number of primary amides is 1. The maximum Gasteiger partial charge on any atom is 0.269 e. The van der Waals surface area contributed by atoms with Crippen LogP contribution in [0.4, 0.5) is 5.82 Å². The Balaban J connectivity index is 2.64. The molecule has 0 aliphatic heterocycles. The van der Waals surface area contributed by atoms with E-state index < -0.39 is 5.91 Å². The monoisotopic (exact) mass is 239 g/mol. The van der Waals surface area contributed by atoms with Gasteiger partial charge < -0.3 is 15.8 Å². The molecule has 1 aromatic rings. The van der Waals surface area contributed by atoms with Crippen LogP contribution in [0.25, 0.3) is 0 Å². The minimum absolute atomic E-state index is 0.0507. The van der Waals surface area contributed by atoms with Crippen molar-refractivity contribution in [3.63, 3.8) is 0 Å². The Labute approximate surface area is 99.2 Å². The zero-order valence-electron chi connectivity index (χ0n) is 9.92.